The lowest BCUT2D eigenvalue weighted by Crippen LogP contribution is -2.51. The van der Waals surface area contributed by atoms with Crippen LogP contribution < -0.4 is 10.6 Å². The summed E-state index contributed by atoms with van der Waals surface area (Å²) >= 11 is 0. The van der Waals surface area contributed by atoms with Gasteiger partial charge in [0.1, 0.15) is 11.5 Å². The smallest absolute Gasteiger partial charge is 0.317 e. The lowest BCUT2D eigenvalue weighted by Gasteiger charge is -2.36. The minimum Gasteiger partial charge on any atom is -0.368 e. The molecule has 2 fully saturated rings. The van der Waals surface area contributed by atoms with Crippen molar-refractivity contribution in [1.29, 1.82) is 0 Å². The molecule has 3 aromatic rings. The number of hydrogen-bond donors (Lipinski definition) is 3. The van der Waals surface area contributed by atoms with Crippen molar-refractivity contribution in [1.82, 2.24) is 30.2 Å². The summed E-state index contributed by atoms with van der Waals surface area (Å²) in [7, 11) is 0. The van der Waals surface area contributed by atoms with Crippen LogP contribution in [-0.4, -0.2) is 56.5 Å². The van der Waals surface area contributed by atoms with Crippen LogP contribution in [0.15, 0.2) is 30.7 Å². The van der Waals surface area contributed by atoms with Gasteiger partial charge in [0.25, 0.3) is 0 Å². The van der Waals surface area contributed by atoms with Crippen LogP contribution in [0.5, 0.6) is 0 Å². The molecule has 0 bridgehead atoms. The van der Waals surface area contributed by atoms with E-state index in [2.05, 4.69) is 25.6 Å². The molecule has 0 spiro atoms. The maximum atomic E-state index is 12.7. The number of anilines is 1. The Morgan fingerprint density at radius 1 is 1.23 bits per heavy atom. The van der Waals surface area contributed by atoms with Crippen LogP contribution in [0.1, 0.15) is 37.7 Å². The zero-order chi connectivity index (χ0) is 21.2. The van der Waals surface area contributed by atoms with Gasteiger partial charge in [-0.1, -0.05) is 0 Å². The number of carbonyl (C=O) groups excluding carboxylic acids is 1. The van der Waals surface area contributed by atoms with Gasteiger partial charge < -0.3 is 20.5 Å². The van der Waals surface area contributed by atoms with E-state index in [1.165, 1.54) is 12.8 Å². The molecule has 1 aliphatic carbocycles. The maximum absolute atomic E-state index is 12.7. The van der Waals surface area contributed by atoms with E-state index < -0.39 is 0 Å². The van der Waals surface area contributed by atoms with E-state index in [1.807, 2.05) is 36.4 Å². The number of carbonyl (C=O) groups is 1. The van der Waals surface area contributed by atoms with Crippen LogP contribution >= 0.6 is 0 Å². The van der Waals surface area contributed by atoms with Crippen molar-refractivity contribution in [3.05, 3.63) is 36.3 Å². The second-order valence-corrected chi connectivity index (χ2v) is 8.68. The third-order valence-electron chi connectivity index (χ3n) is 6.30. The van der Waals surface area contributed by atoms with Gasteiger partial charge in [-0.15, -0.1) is 0 Å². The summed E-state index contributed by atoms with van der Waals surface area (Å²) in [5, 5.41) is 7.62. The zero-order valence-electron chi connectivity index (χ0n) is 17.9. The average Bonchev–Trinajstić information content (AvgIpc) is 3.54. The average molecular weight is 420 g/mol. The van der Waals surface area contributed by atoms with Crippen LogP contribution in [0, 0.1) is 12.8 Å². The first kappa shape index (κ1) is 19.8. The first-order valence-corrected chi connectivity index (χ1v) is 11.2. The van der Waals surface area contributed by atoms with E-state index in [-0.39, 0.29) is 12.1 Å². The molecule has 1 saturated carbocycles. The predicted molar refractivity (Wildman–Crippen MR) is 121 cm³/mol. The second-order valence-electron chi connectivity index (χ2n) is 8.68. The Morgan fingerprint density at radius 3 is 3.00 bits per heavy atom. The van der Waals surface area contributed by atoms with E-state index in [0.29, 0.717) is 18.3 Å². The number of fused-ring (bicyclic) bond motifs is 1. The molecular formula is C23H29N7O. The fraction of sp³-hybridized carbons (Fsp3) is 0.478. The lowest BCUT2D eigenvalue weighted by atomic mass is 10.0. The summed E-state index contributed by atoms with van der Waals surface area (Å²) in [6.45, 7) is 4.32. The van der Waals surface area contributed by atoms with Gasteiger partial charge in [-0.2, -0.15) is 0 Å². The highest BCUT2D eigenvalue weighted by molar-refractivity contribution is 5.91. The number of H-pyrrole nitrogens is 1. The van der Waals surface area contributed by atoms with Gasteiger partial charge in [-0.25, -0.2) is 19.7 Å². The number of aryl methyl sites for hydroxylation is 1. The van der Waals surface area contributed by atoms with E-state index >= 15 is 0 Å². The standard InChI is InChI=1S/C23H29N7O/c1-15-11-25-22(19-14-27-21-18(19)6-4-9-24-21)29-20(15)26-13-17-5-2-3-10-30(17)23(31)28-12-16-7-8-16/h4,6,9,11,14,16-17H,2-3,5,7-8,10,12-13H2,1H3,(H,24,27)(H,28,31)(H,25,26,29)/t17-/m1/s1. The first-order chi connectivity index (χ1) is 15.2. The van der Waals surface area contributed by atoms with Gasteiger partial charge in [0.2, 0.25) is 0 Å². The highest BCUT2D eigenvalue weighted by atomic mass is 16.2. The Labute approximate surface area is 181 Å². The number of piperidine rings is 1. The molecule has 2 aliphatic rings. The number of aromatic nitrogens is 4. The molecule has 5 rings (SSSR count). The molecule has 1 aliphatic heterocycles. The van der Waals surface area contributed by atoms with Gasteiger partial charge in [0, 0.05) is 54.7 Å². The lowest BCUT2D eigenvalue weighted by molar-refractivity contribution is 0.155. The molecule has 8 nitrogen and oxygen atoms in total. The monoisotopic (exact) mass is 419 g/mol. The van der Waals surface area contributed by atoms with Crippen molar-refractivity contribution in [3.8, 4) is 11.4 Å². The topological polar surface area (TPSA) is 98.8 Å². The molecule has 0 unspecified atom stereocenters. The summed E-state index contributed by atoms with van der Waals surface area (Å²) < 4.78 is 0. The van der Waals surface area contributed by atoms with Crippen LogP contribution in [0.3, 0.4) is 0 Å². The van der Waals surface area contributed by atoms with Crippen molar-refractivity contribution in [3.63, 3.8) is 0 Å². The quantitative estimate of drug-likeness (QED) is 0.566. The highest BCUT2D eigenvalue weighted by Gasteiger charge is 2.28. The molecule has 8 heteroatoms. The van der Waals surface area contributed by atoms with Crippen LogP contribution in [0.4, 0.5) is 10.6 Å². The first-order valence-electron chi connectivity index (χ1n) is 11.2. The number of pyridine rings is 1. The SMILES string of the molecule is Cc1cnc(-c2c[nH]c3ncccc23)nc1NC[C@H]1CCCCN1C(=O)NCC1CC1. The van der Waals surface area contributed by atoms with Crippen molar-refractivity contribution in [2.75, 3.05) is 25.0 Å². The molecule has 0 aromatic carbocycles. The number of rotatable bonds is 6. The van der Waals surface area contributed by atoms with Crippen molar-refractivity contribution in [2.24, 2.45) is 5.92 Å². The number of urea groups is 1. The predicted octanol–water partition coefficient (Wildman–Crippen LogP) is 3.71. The molecule has 4 heterocycles. The largest absolute Gasteiger partial charge is 0.368 e. The Morgan fingerprint density at radius 2 is 2.13 bits per heavy atom. The van der Waals surface area contributed by atoms with Crippen LogP contribution in [0.2, 0.25) is 0 Å². The van der Waals surface area contributed by atoms with E-state index in [0.717, 1.165) is 60.3 Å². The number of amides is 2. The summed E-state index contributed by atoms with van der Waals surface area (Å²) in [4.78, 5) is 31.6. The van der Waals surface area contributed by atoms with E-state index in [4.69, 9.17) is 4.98 Å². The maximum Gasteiger partial charge on any atom is 0.317 e. The Kier molecular flexibility index (Phi) is 5.44. The molecule has 3 N–H and O–H groups in total. The van der Waals surface area contributed by atoms with Gasteiger partial charge >= 0.3 is 6.03 Å². The molecule has 3 aromatic heterocycles. The number of likely N-dealkylation sites (tertiary alicyclic amines) is 1. The molecule has 1 atom stereocenters. The summed E-state index contributed by atoms with van der Waals surface area (Å²) in [6, 6.07) is 4.18. The Hall–Kier alpha value is -3.16. The normalized spacial score (nSPS) is 18.9. The van der Waals surface area contributed by atoms with Crippen molar-refractivity contribution >= 4 is 22.9 Å². The van der Waals surface area contributed by atoms with Gasteiger partial charge in [0.15, 0.2) is 5.82 Å². The third-order valence-corrected chi connectivity index (χ3v) is 6.30. The van der Waals surface area contributed by atoms with E-state index in [1.54, 1.807) is 6.20 Å². The van der Waals surface area contributed by atoms with Gasteiger partial charge in [0.05, 0.1) is 6.04 Å². The summed E-state index contributed by atoms with van der Waals surface area (Å²) in [5.74, 6) is 2.16. The summed E-state index contributed by atoms with van der Waals surface area (Å²) in [6.07, 6.45) is 11.2. The van der Waals surface area contributed by atoms with Gasteiger partial charge in [-0.05, 0) is 57.1 Å². The minimum atomic E-state index is 0.0739. The number of hydrogen-bond acceptors (Lipinski definition) is 5. The minimum absolute atomic E-state index is 0.0739. The van der Waals surface area contributed by atoms with Gasteiger partial charge in [-0.3, -0.25) is 0 Å². The fourth-order valence-corrected chi connectivity index (χ4v) is 4.24. The molecule has 2 amide bonds. The Bertz CT molecular complexity index is 1070. The van der Waals surface area contributed by atoms with Crippen LogP contribution in [-0.2, 0) is 0 Å². The fourth-order valence-electron chi connectivity index (χ4n) is 4.24. The van der Waals surface area contributed by atoms with Crippen molar-refractivity contribution in [2.45, 2.75) is 45.1 Å². The molecule has 1 saturated heterocycles. The van der Waals surface area contributed by atoms with Crippen LogP contribution in [0.25, 0.3) is 22.4 Å². The highest BCUT2D eigenvalue weighted by Crippen LogP contribution is 2.28. The molecule has 31 heavy (non-hydrogen) atoms. The van der Waals surface area contributed by atoms with Crippen molar-refractivity contribution < 1.29 is 4.79 Å². The zero-order valence-corrected chi connectivity index (χ0v) is 17.9. The number of nitrogens with zero attached hydrogens (tertiary/aromatic N) is 4. The second kappa shape index (κ2) is 8.53. The Balaban J connectivity index is 1.30. The number of nitrogens with one attached hydrogen (secondary N) is 3. The third kappa shape index (κ3) is 4.33. The molecule has 0 radical (unpaired) electrons. The molecular weight excluding hydrogens is 390 g/mol. The van der Waals surface area contributed by atoms with E-state index in [9.17, 15) is 4.79 Å². The summed E-state index contributed by atoms with van der Waals surface area (Å²) in [5.41, 5.74) is 2.75. The molecule has 162 valence electrons. The number of aromatic amines is 1.